The van der Waals surface area contributed by atoms with Gasteiger partial charge in [0.15, 0.2) is 0 Å². The van der Waals surface area contributed by atoms with Crippen LogP contribution in [0.25, 0.3) is 0 Å². The second-order valence-corrected chi connectivity index (χ2v) is 6.98. The smallest absolute Gasteiger partial charge is 0.255 e. The van der Waals surface area contributed by atoms with Crippen LogP contribution in [0.3, 0.4) is 0 Å². The predicted molar refractivity (Wildman–Crippen MR) is 88.7 cm³/mol. The largest absolute Gasteiger partial charge is 0.336 e. The summed E-state index contributed by atoms with van der Waals surface area (Å²) in [7, 11) is 0. The Balaban J connectivity index is 2.24. The van der Waals surface area contributed by atoms with Crippen LogP contribution in [0.1, 0.15) is 36.5 Å². The van der Waals surface area contributed by atoms with E-state index in [9.17, 15) is 4.79 Å². The molecule has 0 aliphatic heterocycles. The summed E-state index contributed by atoms with van der Waals surface area (Å²) in [6, 6.07) is 5.97. The second kappa shape index (κ2) is 7.05. The van der Waals surface area contributed by atoms with Gasteiger partial charge in [-0.3, -0.25) is 4.79 Å². The fourth-order valence-electron chi connectivity index (χ4n) is 3.05. The van der Waals surface area contributed by atoms with Crippen LogP contribution in [-0.2, 0) is 0 Å². The lowest BCUT2D eigenvalue weighted by molar-refractivity contribution is 0.0651. The number of carbonyl (C=O) groups excluding carboxylic acids is 1. The van der Waals surface area contributed by atoms with Gasteiger partial charge in [0.25, 0.3) is 5.91 Å². The van der Waals surface area contributed by atoms with Gasteiger partial charge in [-0.2, -0.15) is 0 Å². The van der Waals surface area contributed by atoms with Crippen LogP contribution < -0.4 is 5.73 Å². The van der Waals surface area contributed by atoms with Crippen molar-refractivity contribution >= 4 is 37.8 Å². The first-order chi connectivity index (χ1) is 9.58. The Morgan fingerprint density at radius 3 is 2.75 bits per heavy atom. The zero-order valence-corrected chi connectivity index (χ0v) is 14.8. The monoisotopic (exact) mass is 402 g/mol. The summed E-state index contributed by atoms with van der Waals surface area (Å²) in [5.41, 5.74) is 6.57. The first-order valence-electron chi connectivity index (χ1n) is 7.04. The van der Waals surface area contributed by atoms with Crippen LogP contribution in [0.4, 0.5) is 0 Å². The van der Waals surface area contributed by atoms with Gasteiger partial charge in [-0.1, -0.05) is 22.4 Å². The predicted octanol–water partition coefficient (Wildman–Crippen LogP) is 3.80. The molecule has 1 aliphatic rings. The minimum atomic E-state index is 0.0947. The molecule has 2 rings (SSSR count). The summed E-state index contributed by atoms with van der Waals surface area (Å²) in [6.07, 6.45) is 3.36. The molecule has 1 aromatic rings. The van der Waals surface area contributed by atoms with Crippen LogP contribution in [-0.4, -0.2) is 29.9 Å². The van der Waals surface area contributed by atoms with Gasteiger partial charge < -0.3 is 10.6 Å². The number of nitrogens with zero attached hydrogens (tertiary/aromatic N) is 1. The third kappa shape index (κ3) is 3.26. The molecular weight excluding hydrogens is 384 g/mol. The first-order valence-corrected chi connectivity index (χ1v) is 8.63. The molecule has 3 nitrogen and oxygen atoms in total. The summed E-state index contributed by atoms with van der Waals surface area (Å²) < 4.78 is 1.79. The summed E-state index contributed by atoms with van der Waals surface area (Å²) in [4.78, 5) is 14.8. The molecule has 0 saturated heterocycles. The van der Waals surface area contributed by atoms with E-state index < -0.39 is 0 Å². The molecule has 1 amide bonds. The van der Waals surface area contributed by atoms with Crippen molar-refractivity contribution in [3.05, 3.63) is 32.7 Å². The number of amides is 1. The van der Waals surface area contributed by atoms with Crippen molar-refractivity contribution in [3.8, 4) is 0 Å². The SMILES string of the molecule is CCN(C(=O)c1ccc(Br)cc1Br)C1CCCC1CN. The van der Waals surface area contributed by atoms with Crippen LogP contribution >= 0.6 is 31.9 Å². The van der Waals surface area contributed by atoms with E-state index in [1.807, 2.05) is 30.0 Å². The molecule has 2 unspecified atom stereocenters. The topological polar surface area (TPSA) is 46.3 Å². The van der Waals surface area contributed by atoms with E-state index in [0.717, 1.165) is 40.3 Å². The lowest BCUT2D eigenvalue weighted by atomic mass is 10.0. The van der Waals surface area contributed by atoms with Crippen LogP contribution in [0.2, 0.25) is 0 Å². The third-order valence-electron chi connectivity index (χ3n) is 4.09. The van der Waals surface area contributed by atoms with E-state index in [-0.39, 0.29) is 11.9 Å². The van der Waals surface area contributed by atoms with Gasteiger partial charge in [0.1, 0.15) is 0 Å². The molecule has 1 saturated carbocycles. The normalized spacial score (nSPS) is 22.0. The van der Waals surface area contributed by atoms with E-state index in [2.05, 4.69) is 31.9 Å². The Labute approximate surface area is 137 Å². The molecule has 0 radical (unpaired) electrons. The van der Waals surface area contributed by atoms with Crippen molar-refractivity contribution in [2.45, 2.75) is 32.2 Å². The third-order valence-corrected chi connectivity index (χ3v) is 5.23. The average molecular weight is 404 g/mol. The first kappa shape index (κ1) is 16.0. The van der Waals surface area contributed by atoms with Crippen molar-refractivity contribution in [2.75, 3.05) is 13.1 Å². The van der Waals surface area contributed by atoms with E-state index >= 15 is 0 Å². The van der Waals surface area contributed by atoms with Crippen molar-refractivity contribution in [3.63, 3.8) is 0 Å². The average Bonchev–Trinajstić information content (AvgIpc) is 2.87. The fourth-order valence-corrected chi connectivity index (χ4v) is 4.27. The molecule has 20 heavy (non-hydrogen) atoms. The molecule has 0 bridgehead atoms. The van der Waals surface area contributed by atoms with E-state index in [1.54, 1.807) is 0 Å². The molecule has 0 aromatic heterocycles. The Kier molecular flexibility index (Phi) is 5.64. The standard InChI is InChI=1S/C15H20Br2N2O/c1-2-19(14-5-3-4-10(14)9-18)15(20)12-7-6-11(16)8-13(12)17/h6-8,10,14H,2-5,9,18H2,1H3. The van der Waals surface area contributed by atoms with E-state index in [0.29, 0.717) is 12.5 Å². The highest BCUT2D eigenvalue weighted by atomic mass is 79.9. The molecule has 0 heterocycles. The van der Waals surface area contributed by atoms with Crippen molar-refractivity contribution in [1.29, 1.82) is 0 Å². The molecule has 1 aliphatic carbocycles. The zero-order chi connectivity index (χ0) is 14.7. The van der Waals surface area contributed by atoms with E-state index in [1.165, 1.54) is 0 Å². The molecule has 2 N–H and O–H groups in total. The van der Waals surface area contributed by atoms with Gasteiger partial charge in [0, 0.05) is 21.5 Å². The quantitative estimate of drug-likeness (QED) is 0.830. The summed E-state index contributed by atoms with van der Waals surface area (Å²) in [5, 5.41) is 0. The number of carbonyl (C=O) groups is 1. The molecule has 2 atom stereocenters. The molecule has 0 spiro atoms. The van der Waals surface area contributed by atoms with Gasteiger partial charge in [0.2, 0.25) is 0 Å². The highest BCUT2D eigenvalue weighted by Crippen LogP contribution is 2.31. The summed E-state index contributed by atoms with van der Waals surface area (Å²) in [6.45, 7) is 3.43. The molecule has 1 fully saturated rings. The van der Waals surface area contributed by atoms with Gasteiger partial charge >= 0.3 is 0 Å². The summed E-state index contributed by atoms with van der Waals surface area (Å²) in [5.74, 6) is 0.533. The Morgan fingerprint density at radius 2 is 2.15 bits per heavy atom. The lowest BCUT2D eigenvalue weighted by Gasteiger charge is -2.32. The van der Waals surface area contributed by atoms with E-state index in [4.69, 9.17) is 5.73 Å². The number of halogens is 2. The molecule has 5 heteroatoms. The lowest BCUT2D eigenvalue weighted by Crippen LogP contribution is -2.44. The number of nitrogens with two attached hydrogens (primary N) is 1. The van der Waals surface area contributed by atoms with Crippen molar-refractivity contribution in [2.24, 2.45) is 11.7 Å². The maximum Gasteiger partial charge on any atom is 0.255 e. The molecular formula is C15H20Br2N2O. The van der Waals surface area contributed by atoms with Gasteiger partial charge in [-0.05, 0) is 66.4 Å². The fraction of sp³-hybridized carbons (Fsp3) is 0.533. The van der Waals surface area contributed by atoms with Crippen molar-refractivity contribution in [1.82, 2.24) is 4.90 Å². The van der Waals surface area contributed by atoms with Crippen molar-refractivity contribution < 1.29 is 4.79 Å². The maximum atomic E-state index is 12.8. The second-order valence-electron chi connectivity index (χ2n) is 5.21. The van der Waals surface area contributed by atoms with Gasteiger partial charge in [-0.15, -0.1) is 0 Å². The minimum absolute atomic E-state index is 0.0947. The maximum absolute atomic E-state index is 12.8. The molecule has 110 valence electrons. The number of hydrogen-bond acceptors (Lipinski definition) is 2. The van der Waals surface area contributed by atoms with Gasteiger partial charge in [-0.25, -0.2) is 0 Å². The summed E-state index contributed by atoms with van der Waals surface area (Å²) >= 11 is 6.90. The van der Waals surface area contributed by atoms with Gasteiger partial charge in [0.05, 0.1) is 5.56 Å². The number of hydrogen-bond donors (Lipinski definition) is 1. The van der Waals surface area contributed by atoms with Crippen LogP contribution in [0.15, 0.2) is 27.1 Å². The van der Waals surface area contributed by atoms with Crippen LogP contribution in [0, 0.1) is 5.92 Å². The molecule has 1 aromatic carbocycles. The number of benzene rings is 1. The Hall–Kier alpha value is -0.390. The Bertz CT molecular complexity index is 493. The highest BCUT2D eigenvalue weighted by molar-refractivity contribution is 9.11. The zero-order valence-electron chi connectivity index (χ0n) is 11.6. The minimum Gasteiger partial charge on any atom is -0.336 e. The van der Waals surface area contributed by atoms with Crippen LogP contribution in [0.5, 0.6) is 0 Å². The highest BCUT2D eigenvalue weighted by Gasteiger charge is 2.33. The Morgan fingerprint density at radius 1 is 1.40 bits per heavy atom. The number of rotatable bonds is 4.